The quantitative estimate of drug-likeness (QED) is 0.161. The van der Waals surface area contributed by atoms with Gasteiger partial charge in [0.05, 0.1) is 0 Å². The summed E-state index contributed by atoms with van der Waals surface area (Å²) in [5, 5.41) is 0. The van der Waals surface area contributed by atoms with Crippen LogP contribution in [-0.4, -0.2) is 33.2 Å². The van der Waals surface area contributed by atoms with Crippen LogP contribution in [0.25, 0.3) is 0 Å². The van der Waals surface area contributed by atoms with Gasteiger partial charge in [-0.3, -0.25) is 0 Å². The molecule has 0 spiro atoms. The van der Waals surface area contributed by atoms with Gasteiger partial charge in [-0.25, -0.2) is 4.98 Å². The molecule has 0 fully saturated rings. The van der Waals surface area contributed by atoms with Crippen molar-refractivity contribution in [1.29, 1.82) is 0 Å². The molecule has 0 unspecified atom stereocenters. The molecule has 9 nitrogen and oxygen atoms in total. The van der Waals surface area contributed by atoms with Gasteiger partial charge in [0.15, 0.2) is 0 Å². The van der Waals surface area contributed by atoms with Crippen LogP contribution in [0.1, 0.15) is 0 Å². The molecule has 0 atom stereocenters. The number of anilines is 12. The molecule has 10 heteroatoms. The SMILES string of the molecule is CN1[CH-]N(c2[c-]c(N3[CH-]N(C)c4ccccc43)ccc2)c2ccccc21.CN1[CH-]N(c2cccc(N3[CH-]N(C)c4ccccc43)n2)c2ccccc21.[Re]. The summed E-state index contributed by atoms with van der Waals surface area (Å²) < 4.78 is 0. The van der Waals surface area contributed by atoms with Crippen LogP contribution in [0.2, 0.25) is 0 Å². The number of aromatic nitrogens is 1. The van der Waals surface area contributed by atoms with Crippen LogP contribution in [0.15, 0.2) is 133 Å². The second-order valence-corrected chi connectivity index (χ2v) is 13.1. The smallest absolute Gasteiger partial charge is 0.107 e. The van der Waals surface area contributed by atoms with Crippen LogP contribution in [0.5, 0.6) is 0 Å². The number of benzene rings is 5. The Kier molecular flexibility index (Phi) is 9.11. The van der Waals surface area contributed by atoms with Crippen molar-refractivity contribution >= 4 is 68.5 Å². The molecule has 0 N–H and O–H groups in total. The molecule has 53 heavy (non-hydrogen) atoms. The Balaban J connectivity index is 0.000000148. The average Bonchev–Trinajstić information content (AvgIpc) is 3.93. The summed E-state index contributed by atoms with van der Waals surface area (Å²) in [5.41, 5.74) is 11.4. The fourth-order valence-corrected chi connectivity index (χ4v) is 7.21. The van der Waals surface area contributed by atoms with E-state index in [4.69, 9.17) is 4.98 Å². The Hall–Kier alpha value is -5.69. The van der Waals surface area contributed by atoms with Gasteiger partial charge in [-0.15, -0.1) is 42.9 Å². The van der Waals surface area contributed by atoms with Gasteiger partial charge >= 0.3 is 0 Å². The normalized spacial score (nSPS) is 15.2. The Bertz CT molecular complexity index is 1950. The molecule has 5 aromatic carbocycles. The van der Waals surface area contributed by atoms with Crippen LogP contribution in [0.3, 0.4) is 0 Å². The van der Waals surface area contributed by atoms with E-state index in [1.165, 1.54) is 34.1 Å². The van der Waals surface area contributed by atoms with Crippen molar-refractivity contribution in [3.05, 3.63) is 166 Å². The van der Waals surface area contributed by atoms with Crippen molar-refractivity contribution in [3.8, 4) is 0 Å². The van der Waals surface area contributed by atoms with Gasteiger partial charge in [-0.2, -0.15) is 19.4 Å². The van der Waals surface area contributed by atoms with Gasteiger partial charge in [0, 0.05) is 65.9 Å². The second kappa shape index (κ2) is 14.0. The molecule has 1 aromatic heterocycles. The van der Waals surface area contributed by atoms with Gasteiger partial charge in [0.1, 0.15) is 11.6 Å². The summed E-state index contributed by atoms with van der Waals surface area (Å²) in [6.07, 6.45) is 0. The first-order valence-corrected chi connectivity index (χ1v) is 17.3. The van der Waals surface area contributed by atoms with E-state index in [9.17, 15) is 0 Å². The predicted molar refractivity (Wildman–Crippen MR) is 215 cm³/mol. The minimum Gasteiger partial charge on any atom is -0.504 e. The first-order chi connectivity index (χ1) is 25.4. The van der Waals surface area contributed by atoms with E-state index in [1.807, 2.05) is 12.1 Å². The maximum Gasteiger partial charge on any atom is 0.107 e. The molecule has 0 amide bonds. The summed E-state index contributed by atoms with van der Waals surface area (Å²) in [5.74, 6) is 1.81. The number of para-hydroxylation sites is 8. The number of nitrogens with zero attached hydrogens (tertiary/aromatic N) is 9. The summed E-state index contributed by atoms with van der Waals surface area (Å²) in [4.78, 5) is 22.1. The molecule has 10 rings (SSSR count). The minimum absolute atomic E-state index is 0. The molecule has 0 saturated heterocycles. The summed E-state index contributed by atoms with van der Waals surface area (Å²) in [7, 11) is 8.26. The van der Waals surface area contributed by atoms with E-state index in [-0.39, 0.29) is 20.4 Å². The maximum absolute atomic E-state index is 4.94. The van der Waals surface area contributed by atoms with Gasteiger partial charge < -0.3 is 39.2 Å². The number of hydrogen-bond donors (Lipinski definition) is 0. The Morgan fingerprint density at radius 3 is 1.00 bits per heavy atom. The van der Waals surface area contributed by atoms with Crippen LogP contribution in [0.4, 0.5) is 68.5 Å². The van der Waals surface area contributed by atoms with Crippen LogP contribution in [0, 0.1) is 32.7 Å². The van der Waals surface area contributed by atoms with Crippen molar-refractivity contribution in [2.24, 2.45) is 0 Å². The van der Waals surface area contributed by atoms with Gasteiger partial charge in [0.2, 0.25) is 0 Å². The van der Waals surface area contributed by atoms with E-state index in [0.29, 0.717) is 0 Å². The molecule has 1 radical (unpaired) electrons. The van der Waals surface area contributed by atoms with Crippen molar-refractivity contribution in [1.82, 2.24) is 4.98 Å². The molecule has 5 heterocycles. The third kappa shape index (κ3) is 6.08. The van der Waals surface area contributed by atoms with E-state index >= 15 is 0 Å². The molecular formula is C43H38N9Re-5. The standard InChI is InChI=1S/C22H19N4.C21H19N5.Re/c1-23-15-25(21-12-5-3-10-19(21)23)17-8-7-9-18(14-17)26-16-24(2)20-11-4-6-13-22(20)26;1-23-14-25(18-10-5-3-8-16(18)23)20-12-7-13-21(22-20)26-15-24(2)17-9-4-6-11-19(17)26;/h3-13,15-16H,1-2H3;3-15H,1-2H3;/q-3;-2;. The third-order valence-electron chi connectivity index (χ3n) is 9.74. The summed E-state index contributed by atoms with van der Waals surface area (Å²) in [6, 6.07) is 49.6. The van der Waals surface area contributed by atoms with E-state index in [1.54, 1.807) is 0 Å². The molecule has 0 saturated carbocycles. The zero-order valence-electron chi connectivity index (χ0n) is 29.9. The first kappa shape index (κ1) is 34.4. The minimum atomic E-state index is 0. The number of rotatable bonds is 4. The van der Waals surface area contributed by atoms with E-state index in [0.717, 1.165) is 34.4 Å². The van der Waals surface area contributed by atoms with Gasteiger partial charge in [-0.05, 0) is 88.9 Å². The van der Waals surface area contributed by atoms with E-state index < -0.39 is 0 Å². The van der Waals surface area contributed by atoms with Crippen LogP contribution >= 0.6 is 0 Å². The van der Waals surface area contributed by atoms with Crippen molar-refractivity contribution in [2.45, 2.75) is 0 Å². The molecule has 0 aliphatic carbocycles. The Morgan fingerprint density at radius 1 is 0.358 bits per heavy atom. The molecule has 6 aromatic rings. The number of hydrogen-bond acceptors (Lipinski definition) is 9. The molecular weight excluding hydrogens is 829 g/mol. The van der Waals surface area contributed by atoms with Crippen molar-refractivity contribution in [3.63, 3.8) is 0 Å². The van der Waals surface area contributed by atoms with Gasteiger partial charge in [0.25, 0.3) is 0 Å². The van der Waals surface area contributed by atoms with Crippen molar-refractivity contribution in [2.75, 3.05) is 67.4 Å². The zero-order valence-corrected chi connectivity index (χ0v) is 32.6. The van der Waals surface area contributed by atoms with Crippen LogP contribution in [-0.2, 0) is 20.4 Å². The zero-order chi connectivity index (χ0) is 35.3. The molecule has 267 valence electrons. The third-order valence-corrected chi connectivity index (χ3v) is 9.74. The van der Waals surface area contributed by atoms with Gasteiger partial charge in [-0.1, -0.05) is 54.6 Å². The Labute approximate surface area is 326 Å². The number of pyridine rings is 1. The topological polar surface area (TPSA) is 38.8 Å². The predicted octanol–water partition coefficient (Wildman–Crippen LogP) is 9.39. The monoisotopic (exact) mass is 867 g/mol. The molecule has 4 aliphatic heterocycles. The fourth-order valence-electron chi connectivity index (χ4n) is 7.21. The first-order valence-electron chi connectivity index (χ1n) is 17.3. The van der Waals surface area contributed by atoms with E-state index in [2.05, 4.69) is 221 Å². The van der Waals surface area contributed by atoms with Crippen molar-refractivity contribution < 1.29 is 20.4 Å². The average molecular weight is 867 g/mol. The largest absolute Gasteiger partial charge is 0.504 e. The molecule has 4 aliphatic rings. The summed E-state index contributed by atoms with van der Waals surface area (Å²) >= 11 is 0. The Morgan fingerprint density at radius 2 is 0.642 bits per heavy atom. The summed E-state index contributed by atoms with van der Waals surface area (Å²) in [6.45, 7) is 8.36. The number of fused-ring (bicyclic) bond motifs is 4. The maximum atomic E-state index is 4.94. The van der Waals surface area contributed by atoms with Crippen LogP contribution < -0.4 is 39.2 Å². The molecule has 0 bridgehead atoms. The fraction of sp³-hybridized carbons (Fsp3) is 0.0930. The second-order valence-electron chi connectivity index (χ2n) is 13.1.